The third kappa shape index (κ3) is 5.75. The van der Waals surface area contributed by atoms with Crippen LogP contribution in [-0.2, 0) is 0 Å². The zero-order chi connectivity index (χ0) is 37.6. The molecule has 0 heterocycles. The first-order valence-corrected chi connectivity index (χ1v) is 18.9. The van der Waals surface area contributed by atoms with Gasteiger partial charge in [-0.25, -0.2) is 8.78 Å². The van der Waals surface area contributed by atoms with Gasteiger partial charge >= 0.3 is 0 Å². The number of rotatable bonds is 6. The maximum atomic E-state index is 13.9. The second kappa shape index (κ2) is 13.9. The first-order valence-electron chi connectivity index (χ1n) is 18.9. The molecule has 0 N–H and O–H groups in total. The highest BCUT2D eigenvalue weighted by Crippen LogP contribution is 2.53. The zero-order valence-corrected chi connectivity index (χ0v) is 30.4. The van der Waals surface area contributed by atoms with Crippen molar-refractivity contribution >= 4 is 32.3 Å². The van der Waals surface area contributed by atoms with Gasteiger partial charge in [0.25, 0.3) is 0 Å². The normalized spacial score (nSPS) is 11.4. The topological polar surface area (TPSA) is 0 Å². The molecule has 0 aromatic heterocycles. The Balaban J connectivity index is 1.38. The van der Waals surface area contributed by atoms with Crippen molar-refractivity contribution in [3.8, 4) is 66.8 Å². The molecule has 2 heteroatoms. The zero-order valence-electron chi connectivity index (χ0n) is 30.4. The van der Waals surface area contributed by atoms with Crippen molar-refractivity contribution in [3.05, 3.63) is 218 Å². The molecule has 0 aliphatic carbocycles. The number of halogens is 2. The fraction of sp³-hybridized carbons (Fsp3) is 0. The summed E-state index contributed by atoms with van der Waals surface area (Å²) in [6, 6.07) is 69.9. The molecule has 0 atom stereocenters. The summed E-state index contributed by atoms with van der Waals surface area (Å²) in [5, 5.41) is 7.03. The molecule has 0 aliphatic rings. The molecule has 10 aromatic carbocycles. The van der Waals surface area contributed by atoms with Gasteiger partial charge in [-0.15, -0.1) is 0 Å². The summed E-state index contributed by atoms with van der Waals surface area (Å²) < 4.78 is 27.8. The highest BCUT2D eigenvalue weighted by Gasteiger charge is 2.26. The minimum atomic E-state index is -0.247. The summed E-state index contributed by atoms with van der Waals surface area (Å²) in [7, 11) is 0. The lowest BCUT2D eigenvalue weighted by Crippen LogP contribution is -1.97. The summed E-state index contributed by atoms with van der Waals surface area (Å²) in [5.41, 5.74) is 13.2. The van der Waals surface area contributed by atoms with E-state index in [2.05, 4.69) is 158 Å². The Morgan fingerprint density at radius 3 is 0.696 bits per heavy atom. The fourth-order valence-electron chi connectivity index (χ4n) is 8.48. The van der Waals surface area contributed by atoms with E-state index in [0.29, 0.717) is 0 Å². The summed E-state index contributed by atoms with van der Waals surface area (Å²) in [4.78, 5) is 0. The molecule has 0 saturated carbocycles. The van der Waals surface area contributed by atoms with Gasteiger partial charge in [0.2, 0.25) is 0 Å². The van der Waals surface area contributed by atoms with E-state index in [1.54, 1.807) is 0 Å². The average molecular weight is 721 g/mol. The van der Waals surface area contributed by atoms with E-state index in [4.69, 9.17) is 0 Å². The Bertz CT molecular complexity index is 2810. The summed E-state index contributed by atoms with van der Waals surface area (Å²) in [6.45, 7) is 0. The van der Waals surface area contributed by atoms with Crippen LogP contribution in [0.25, 0.3) is 99.1 Å². The van der Waals surface area contributed by atoms with Crippen molar-refractivity contribution in [1.29, 1.82) is 0 Å². The second-order valence-corrected chi connectivity index (χ2v) is 14.2. The van der Waals surface area contributed by atoms with E-state index in [-0.39, 0.29) is 11.6 Å². The largest absolute Gasteiger partial charge is 0.207 e. The molecule has 0 saturated heterocycles. The highest BCUT2D eigenvalue weighted by atomic mass is 19.1. The van der Waals surface area contributed by atoms with Crippen LogP contribution >= 0.6 is 0 Å². The maximum absolute atomic E-state index is 13.9. The Kier molecular flexibility index (Phi) is 8.30. The highest BCUT2D eigenvalue weighted by molar-refractivity contribution is 6.33. The monoisotopic (exact) mass is 720 g/mol. The number of fused-ring (bicyclic) bond motifs is 3. The SMILES string of the molecule is Fc1ccc(-c2ccc(-c3c4ccccc4c(-c4ccc(-c5ccc(F)cc5)cc4)c4c(-c5ccccc5)c5ccccc5c(-c5ccccc5)c34)cc2)cc1. The molecule has 56 heavy (non-hydrogen) atoms. The van der Waals surface area contributed by atoms with Crippen LogP contribution in [0.5, 0.6) is 0 Å². The van der Waals surface area contributed by atoms with Gasteiger partial charge in [-0.05, 0) is 123 Å². The van der Waals surface area contributed by atoms with Crippen molar-refractivity contribution < 1.29 is 8.78 Å². The van der Waals surface area contributed by atoms with Crippen LogP contribution < -0.4 is 0 Å². The van der Waals surface area contributed by atoms with Crippen LogP contribution in [0.1, 0.15) is 0 Å². The number of hydrogen-bond acceptors (Lipinski definition) is 0. The van der Waals surface area contributed by atoms with Gasteiger partial charge in [-0.1, -0.05) is 182 Å². The molecule has 10 aromatic rings. The lowest BCUT2D eigenvalue weighted by molar-refractivity contribution is 0.627. The number of hydrogen-bond donors (Lipinski definition) is 0. The molecular formula is C54H34F2. The number of benzene rings is 10. The van der Waals surface area contributed by atoms with Crippen LogP contribution in [-0.4, -0.2) is 0 Å². The van der Waals surface area contributed by atoms with Crippen molar-refractivity contribution in [3.63, 3.8) is 0 Å². The summed E-state index contributed by atoms with van der Waals surface area (Å²) in [5.74, 6) is -0.494. The van der Waals surface area contributed by atoms with E-state index in [0.717, 1.165) is 66.4 Å². The van der Waals surface area contributed by atoms with Crippen molar-refractivity contribution in [2.45, 2.75) is 0 Å². The van der Waals surface area contributed by atoms with E-state index >= 15 is 0 Å². The Labute approximate surface area is 324 Å². The Morgan fingerprint density at radius 2 is 0.411 bits per heavy atom. The molecule has 0 radical (unpaired) electrons. The lowest BCUT2D eigenvalue weighted by atomic mass is 9.77. The first kappa shape index (κ1) is 33.4. The van der Waals surface area contributed by atoms with E-state index < -0.39 is 0 Å². The van der Waals surface area contributed by atoms with Crippen LogP contribution in [0.2, 0.25) is 0 Å². The third-order valence-corrected chi connectivity index (χ3v) is 11.0. The van der Waals surface area contributed by atoms with Gasteiger partial charge < -0.3 is 0 Å². The van der Waals surface area contributed by atoms with Crippen molar-refractivity contribution in [2.75, 3.05) is 0 Å². The van der Waals surface area contributed by atoms with Gasteiger partial charge in [0, 0.05) is 0 Å². The molecule has 0 amide bonds. The predicted molar refractivity (Wildman–Crippen MR) is 231 cm³/mol. The maximum Gasteiger partial charge on any atom is 0.123 e. The van der Waals surface area contributed by atoms with E-state index in [9.17, 15) is 8.78 Å². The fourth-order valence-corrected chi connectivity index (χ4v) is 8.48. The second-order valence-electron chi connectivity index (χ2n) is 14.2. The quantitative estimate of drug-likeness (QED) is 0.150. The molecule has 0 bridgehead atoms. The van der Waals surface area contributed by atoms with Gasteiger partial charge in [0.15, 0.2) is 0 Å². The van der Waals surface area contributed by atoms with Gasteiger partial charge in [0.05, 0.1) is 0 Å². The van der Waals surface area contributed by atoms with Gasteiger partial charge in [-0.2, -0.15) is 0 Å². The molecule has 10 rings (SSSR count). The van der Waals surface area contributed by atoms with Crippen LogP contribution in [0.4, 0.5) is 8.78 Å². The van der Waals surface area contributed by atoms with Crippen LogP contribution in [0.15, 0.2) is 206 Å². The molecule has 264 valence electrons. The first-order chi connectivity index (χ1) is 27.6. The molecule has 0 nitrogen and oxygen atoms in total. The minimum absolute atomic E-state index is 0.247. The van der Waals surface area contributed by atoms with Gasteiger partial charge in [0.1, 0.15) is 11.6 Å². The van der Waals surface area contributed by atoms with Gasteiger partial charge in [-0.3, -0.25) is 0 Å². The van der Waals surface area contributed by atoms with Crippen LogP contribution in [0, 0.1) is 11.6 Å². The summed E-state index contributed by atoms with van der Waals surface area (Å²) >= 11 is 0. The lowest BCUT2D eigenvalue weighted by Gasteiger charge is -2.25. The molecule has 0 unspecified atom stereocenters. The average Bonchev–Trinajstić information content (AvgIpc) is 3.26. The van der Waals surface area contributed by atoms with E-state index in [1.807, 2.05) is 24.3 Å². The van der Waals surface area contributed by atoms with Crippen molar-refractivity contribution in [1.82, 2.24) is 0 Å². The summed E-state index contributed by atoms with van der Waals surface area (Å²) in [6.07, 6.45) is 0. The van der Waals surface area contributed by atoms with E-state index in [1.165, 1.54) is 56.9 Å². The molecule has 0 aliphatic heterocycles. The smallest absolute Gasteiger partial charge is 0.123 e. The molecular weight excluding hydrogens is 687 g/mol. The predicted octanol–water partition coefficient (Wildman–Crippen LogP) is 15.4. The Hall–Kier alpha value is -7.16. The Morgan fingerprint density at radius 1 is 0.196 bits per heavy atom. The third-order valence-electron chi connectivity index (χ3n) is 11.0. The van der Waals surface area contributed by atoms with Crippen LogP contribution in [0.3, 0.4) is 0 Å². The van der Waals surface area contributed by atoms with Crippen molar-refractivity contribution in [2.24, 2.45) is 0 Å². The standard InChI is InChI=1S/C54H34F2/c55-43-31-27-37(28-32-43)35-19-23-41(24-20-35)51-47-17-9-10-18-48(47)52(42-25-21-36(22-26-42)38-29-33-44(56)34-30-38)54-50(40-13-5-2-6-14-40)46-16-8-7-15-45(46)49(53(51)54)39-11-3-1-4-12-39/h1-34H. The minimum Gasteiger partial charge on any atom is -0.207 e. The molecule has 0 spiro atoms. The molecule has 0 fully saturated rings.